The van der Waals surface area contributed by atoms with Crippen molar-refractivity contribution < 1.29 is 18.1 Å². The summed E-state index contributed by atoms with van der Waals surface area (Å²) in [6.45, 7) is 4.11. The molecule has 0 amide bonds. The zero-order valence-electron chi connectivity index (χ0n) is 12.1. The molecule has 1 aromatic rings. The van der Waals surface area contributed by atoms with Crippen molar-refractivity contribution in [1.82, 2.24) is 4.72 Å². The van der Waals surface area contributed by atoms with Crippen LogP contribution in [0.2, 0.25) is 0 Å². The largest absolute Gasteiger partial charge is 0.383 e. The number of methoxy groups -OCH3 is 1. The molecule has 0 aliphatic carbocycles. The van der Waals surface area contributed by atoms with Gasteiger partial charge in [-0.15, -0.1) is 0 Å². The fourth-order valence-electron chi connectivity index (χ4n) is 1.65. The van der Waals surface area contributed by atoms with Crippen molar-refractivity contribution in [2.24, 2.45) is 0 Å². The number of ether oxygens (including phenoxy) is 1. The van der Waals surface area contributed by atoms with Gasteiger partial charge in [-0.2, -0.15) is 0 Å². The maximum Gasteiger partial charge on any atom is 0.293 e. The van der Waals surface area contributed by atoms with Gasteiger partial charge in [0.15, 0.2) is 0 Å². The van der Waals surface area contributed by atoms with Gasteiger partial charge in [0.1, 0.15) is 5.69 Å². The summed E-state index contributed by atoms with van der Waals surface area (Å²) in [5.41, 5.74) is -0.0433. The van der Waals surface area contributed by atoms with Crippen LogP contribution in [-0.4, -0.2) is 39.6 Å². The van der Waals surface area contributed by atoms with E-state index in [4.69, 9.17) is 4.74 Å². The number of sulfonamides is 1. The lowest BCUT2D eigenvalue weighted by Gasteiger charge is -2.11. The molecule has 0 radical (unpaired) electrons. The second-order valence-corrected chi connectivity index (χ2v) is 6.35. The fourth-order valence-corrected chi connectivity index (χ4v) is 2.92. The van der Waals surface area contributed by atoms with Crippen LogP contribution < -0.4 is 10.0 Å². The van der Waals surface area contributed by atoms with Gasteiger partial charge < -0.3 is 10.1 Å². The van der Waals surface area contributed by atoms with Crippen molar-refractivity contribution in [3.05, 3.63) is 28.3 Å². The lowest BCUT2D eigenvalue weighted by molar-refractivity contribution is -0.384. The number of nitro groups is 1. The van der Waals surface area contributed by atoms with Crippen LogP contribution in [0.15, 0.2) is 23.1 Å². The molecule has 0 unspecified atom stereocenters. The molecule has 9 heteroatoms. The Hall–Kier alpha value is -1.71. The molecular weight excluding hydrogens is 298 g/mol. The van der Waals surface area contributed by atoms with Crippen LogP contribution in [0, 0.1) is 10.1 Å². The summed E-state index contributed by atoms with van der Waals surface area (Å²) in [7, 11) is -2.25. The van der Waals surface area contributed by atoms with Crippen LogP contribution in [0.5, 0.6) is 0 Å². The molecule has 8 nitrogen and oxygen atoms in total. The van der Waals surface area contributed by atoms with E-state index in [9.17, 15) is 18.5 Å². The highest BCUT2D eigenvalue weighted by Gasteiger charge is 2.21. The summed E-state index contributed by atoms with van der Waals surface area (Å²) in [5, 5.41) is 13.9. The summed E-state index contributed by atoms with van der Waals surface area (Å²) in [6.07, 6.45) is 0. The number of hydrogen-bond donors (Lipinski definition) is 2. The van der Waals surface area contributed by atoms with Gasteiger partial charge in [0, 0.05) is 25.8 Å². The first-order valence-electron chi connectivity index (χ1n) is 6.31. The van der Waals surface area contributed by atoms with Crippen molar-refractivity contribution in [3.63, 3.8) is 0 Å². The predicted molar refractivity (Wildman–Crippen MR) is 78.9 cm³/mol. The molecule has 0 saturated heterocycles. The summed E-state index contributed by atoms with van der Waals surface area (Å²) in [6, 6.07) is 3.45. The molecule has 118 valence electrons. The third-order valence-corrected chi connectivity index (χ3v) is 4.14. The smallest absolute Gasteiger partial charge is 0.293 e. The summed E-state index contributed by atoms with van der Waals surface area (Å²) in [5.74, 6) is 0. The second kappa shape index (κ2) is 7.34. The highest BCUT2D eigenvalue weighted by Crippen LogP contribution is 2.27. The Morgan fingerprint density at radius 1 is 1.38 bits per heavy atom. The Morgan fingerprint density at radius 3 is 2.57 bits per heavy atom. The minimum Gasteiger partial charge on any atom is -0.383 e. The topological polar surface area (TPSA) is 111 Å². The Bertz CT molecular complexity index is 601. The minimum absolute atomic E-state index is 0.139. The van der Waals surface area contributed by atoms with Crippen LogP contribution in [0.4, 0.5) is 11.4 Å². The first-order chi connectivity index (χ1) is 9.77. The molecule has 0 aliphatic heterocycles. The molecule has 0 bridgehead atoms. The van der Waals surface area contributed by atoms with Crippen LogP contribution in [0.1, 0.15) is 13.8 Å². The van der Waals surface area contributed by atoms with Gasteiger partial charge in [-0.3, -0.25) is 10.1 Å². The number of benzene rings is 1. The Balaban J connectivity index is 3.11. The zero-order valence-corrected chi connectivity index (χ0v) is 12.9. The summed E-state index contributed by atoms with van der Waals surface area (Å²) >= 11 is 0. The van der Waals surface area contributed by atoms with E-state index in [1.807, 2.05) is 0 Å². The van der Waals surface area contributed by atoms with Gasteiger partial charge in [0.2, 0.25) is 10.0 Å². The van der Waals surface area contributed by atoms with Crippen molar-refractivity contribution in [2.45, 2.75) is 24.8 Å². The van der Waals surface area contributed by atoms with E-state index < -0.39 is 14.9 Å². The van der Waals surface area contributed by atoms with Gasteiger partial charge in [-0.25, -0.2) is 13.1 Å². The minimum atomic E-state index is -3.76. The van der Waals surface area contributed by atoms with E-state index in [1.54, 1.807) is 13.8 Å². The molecule has 1 rings (SSSR count). The van der Waals surface area contributed by atoms with Gasteiger partial charge in [-0.05, 0) is 26.0 Å². The highest BCUT2D eigenvalue weighted by molar-refractivity contribution is 7.89. The maximum atomic E-state index is 12.0. The summed E-state index contributed by atoms with van der Waals surface area (Å²) in [4.78, 5) is 10.3. The van der Waals surface area contributed by atoms with Crippen LogP contribution >= 0.6 is 0 Å². The second-order valence-electron chi connectivity index (χ2n) is 4.63. The molecule has 0 heterocycles. The standard InChI is InChI=1S/C12H19N3O5S/c1-9(2)14-21(18,19)10-4-5-11(13-6-7-20-3)12(8-10)15(16)17/h4-5,8-9,13-14H,6-7H2,1-3H3. The quantitative estimate of drug-likeness (QED) is 0.425. The molecule has 0 atom stereocenters. The normalized spacial score (nSPS) is 11.6. The first-order valence-corrected chi connectivity index (χ1v) is 7.80. The molecule has 2 N–H and O–H groups in total. The number of anilines is 1. The van der Waals surface area contributed by atoms with E-state index in [2.05, 4.69) is 10.0 Å². The van der Waals surface area contributed by atoms with Crippen LogP contribution in [0.3, 0.4) is 0 Å². The van der Waals surface area contributed by atoms with E-state index in [1.165, 1.54) is 19.2 Å². The third-order valence-electron chi connectivity index (χ3n) is 2.49. The van der Waals surface area contributed by atoms with Crippen LogP contribution in [-0.2, 0) is 14.8 Å². The lowest BCUT2D eigenvalue weighted by atomic mass is 10.2. The van der Waals surface area contributed by atoms with E-state index in [0.29, 0.717) is 13.2 Å². The molecule has 0 aliphatic rings. The average molecular weight is 317 g/mol. The molecule has 0 spiro atoms. The average Bonchev–Trinajstić information content (AvgIpc) is 2.37. The van der Waals surface area contributed by atoms with Crippen molar-refractivity contribution >= 4 is 21.4 Å². The third kappa shape index (κ3) is 4.96. The van der Waals surface area contributed by atoms with Crippen molar-refractivity contribution in [3.8, 4) is 0 Å². The van der Waals surface area contributed by atoms with Gasteiger partial charge in [0.25, 0.3) is 5.69 Å². The number of nitrogens with one attached hydrogen (secondary N) is 2. The van der Waals surface area contributed by atoms with Gasteiger partial charge in [0.05, 0.1) is 16.4 Å². The number of nitrogens with zero attached hydrogens (tertiary/aromatic N) is 1. The van der Waals surface area contributed by atoms with Crippen molar-refractivity contribution in [1.29, 1.82) is 0 Å². The Kier molecular flexibility index (Phi) is 6.06. The number of rotatable bonds is 8. The van der Waals surface area contributed by atoms with Gasteiger partial charge >= 0.3 is 0 Å². The fraction of sp³-hybridized carbons (Fsp3) is 0.500. The monoisotopic (exact) mass is 317 g/mol. The summed E-state index contributed by atoms with van der Waals surface area (Å²) < 4.78 is 31.3. The zero-order chi connectivity index (χ0) is 16.0. The lowest BCUT2D eigenvalue weighted by Crippen LogP contribution is -2.30. The molecule has 0 aromatic heterocycles. The first kappa shape index (κ1) is 17.3. The van der Waals surface area contributed by atoms with Crippen LogP contribution in [0.25, 0.3) is 0 Å². The number of nitro benzene ring substituents is 1. The molecule has 0 fully saturated rings. The molecule has 0 saturated carbocycles. The highest BCUT2D eigenvalue weighted by atomic mass is 32.2. The SMILES string of the molecule is COCCNc1ccc(S(=O)(=O)NC(C)C)cc1[N+](=O)[O-]. The Labute approximate surface area is 123 Å². The predicted octanol–water partition coefficient (Wildman–Crippen LogP) is 1.34. The van der Waals surface area contributed by atoms with E-state index >= 15 is 0 Å². The van der Waals surface area contributed by atoms with Crippen molar-refractivity contribution in [2.75, 3.05) is 25.6 Å². The number of hydrogen-bond acceptors (Lipinski definition) is 6. The Morgan fingerprint density at radius 2 is 2.05 bits per heavy atom. The van der Waals surface area contributed by atoms with Gasteiger partial charge in [-0.1, -0.05) is 0 Å². The maximum absolute atomic E-state index is 12.0. The molecular formula is C12H19N3O5S. The molecule has 21 heavy (non-hydrogen) atoms. The molecule has 1 aromatic carbocycles. The van der Waals surface area contributed by atoms with E-state index in [-0.39, 0.29) is 22.3 Å². The van der Waals surface area contributed by atoms with E-state index in [0.717, 1.165) is 6.07 Å².